The molecule has 0 aliphatic heterocycles. The van der Waals surface area contributed by atoms with Crippen molar-refractivity contribution in [3.05, 3.63) is 34.8 Å². The second-order valence-corrected chi connectivity index (χ2v) is 4.61. The number of nitrogens with one attached hydrogen (secondary N) is 1. The highest BCUT2D eigenvalue weighted by Crippen LogP contribution is 2.20. The van der Waals surface area contributed by atoms with Crippen LogP contribution in [0.5, 0.6) is 0 Å². The van der Waals surface area contributed by atoms with Gasteiger partial charge in [0.15, 0.2) is 0 Å². The first-order chi connectivity index (χ1) is 8.15. The number of halogens is 1. The monoisotopic (exact) mass is 296 g/mol. The van der Waals surface area contributed by atoms with Crippen LogP contribution in [0.25, 0.3) is 0 Å². The van der Waals surface area contributed by atoms with Crippen LogP contribution in [0.15, 0.2) is 33.5 Å². The van der Waals surface area contributed by atoms with Crippen LogP contribution in [0, 0.1) is 0 Å². The third kappa shape index (κ3) is 3.20. The minimum atomic E-state index is 0.187. The molecule has 2 rings (SSSR count). The van der Waals surface area contributed by atoms with E-state index in [-0.39, 0.29) is 12.0 Å². The number of rotatable bonds is 4. The van der Waals surface area contributed by atoms with Gasteiger partial charge in [-0.05, 0) is 35.0 Å². The summed E-state index contributed by atoms with van der Waals surface area (Å²) < 4.78 is 6.08. The van der Waals surface area contributed by atoms with E-state index in [1.54, 1.807) is 12.5 Å². The molecule has 0 amide bonds. The zero-order valence-corrected chi connectivity index (χ0v) is 10.9. The van der Waals surface area contributed by atoms with E-state index in [2.05, 4.69) is 31.2 Å². The largest absolute Gasteiger partial charge is 0.469 e. The van der Waals surface area contributed by atoms with Crippen LogP contribution in [0.4, 0.5) is 11.8 Å². The molecule has 0 saturated heterocycles. The predicted octanol–water partition coefficient (Wildman–Crippen LogP) is 2.46. The molecule has 6 heteroatoms. The molecule has 5 nitrogen and oxygen atoms in total. The van der Waals surface area contributed by atoms with Gasteiger partial charge >= 0.3 is 0 Å². The number of furan rings is 1. The minimum Gasteiger partial charge on any atom is -0.469 e. The fraction of sp³-hybridized carbons (Fsp3) is 0.273. The molecular weight excluding hydrogens is 284 g/mol. The SMILES string of the molecule is CC(Cc1ccco1)Nc1nc(N)ncc1Br. The van der Waals surface area contributed by atoms with Crippen molar-refractivity contribution in [3.8, 4) is 0 Å². The van der Waals surface area contributed by atoms with Gasteiger partial charge in [-0.2, -0.15) is 4.98 Å². The average molecular weight is 297 g/mol. The fourth-order valence-corrected chi connectivity index (χ4v) is 1.80. The molecule has 1 unspecified atom stereocenters. The number of nitrogens with two attached hydrogens (primary N) is 1. The topological polar surface area (TPSA) is 77.0 Å². The molecule has 3 N–H and O–H groups in total. The van der Waals surface area contributed by atoms with Gasteiger partial charge in [0, 0.05) is 18.7 Å². The molecule has 0 fully saturated rings. The quantitative estimate of drug-likeness (QED) is 0.906. The van der Waals surface area contributed by atoms with E-state index in [1.165, 1.54) is 0 Å². The van der Waals surface area contributed by atoms with E-state index in [4.69, 9.17) is 10.2 Å². The number of hydrogen-bond donors (Lipinski definition) is 2. The van der Waals surface area contributed by atoms with Crippen LogP contribution >= 0.6 is 15.9 Å². The van der Waals surface area contributed by atoms with Crippen LogP contribution < -0.4 is 11.1 Å². The van der Waals surface area contributed by atoms with Crippen molar-refractivity contribution >= 4 is 27.7 Å². The summed E-state index contributed by atoms with van der Waals surface area (Å²) in [5.41, 5.74) is 5.54. The fourth-order valence-electron chi connectivity index (χ4n) is 1.50. The van der Waals surface area contributed by atoms with Crippen LogP contribution in [-0.4, -0.2) is 16.0 Å². The second-order valence-electron chi connectivity index (χ2n) is 3.75. The number of nitrogen functional groups attached to an aromatic ring is 1. The summed E-state index contributed by atoms with van der Waals surface area (Å²) >= 11 is 3.37. The first kappa shape index (κ1) is 11.9. The third-order valence-corrected chi connectivity index (χ3v) is 2.81. The Morgan fingerprint density at radius 1 is 1.59 bits per heavy atom. The molecule has 2 aromatic heterocycles. The number of anilines is 2. The van der Waals surface area contributed by atoms with Crippen molar-refractivity contribution in [2.45, 2.75) is 19.4 Å². The Kier molecular flexibility index (Phi) is 3.63. The highest BCUT2D eigenvalue weighted by atomic mass is 79.9. The van der Waals surface area contributed by atoms with Gasteiger partial charge in [0.1, 0.15) is 11.6 Å². The standard InChI is InChI=1S/C11H13BrN4O/c1-7(5-8-3-2-4-17-8)15-10-9(12)6-14-11(13)16-10/h2-4,6-7H,5H2,1H3,(H3,13,14,15,16). The average Bonchev–Trinajstić information content (AvgIpc) is 2.76. The normalized spacial score (nSPS) is 12.4. The zero-order chi connectivity index (χ0) is 12.3. The maximum Gasteiger partial charge on any atom is 0.221 e. The Bertz CT molecular complexity index is 486. The lowest BCUT2D eigenvalue weighted by Crippen LogP contribution is -2.19. The summed E-state index contributed by atoms with van der Waals surface area (Å²) in [6, 6.07) is 4.01. The van der Waals surface area contributed by atoms with E-state index in [0.29, 0.717) is 5.82 Å². The van der Waals surface area contributed by atoms with Crippen LogP contribution in [0.1, 0.15) is 12.7 Å². The number of aromatic nitrogens is 2. The third-order valence-electron chi connectivity index (χ3n) is 2.23. The van der Waals surface area contributed by atoms with Crippen LogP contribution in [0.2, 0.25) is 0 Å². The summed E-state index contributed by atoms with van der Waals surface area (Å²) in [5.74, 6) is 1.88. The lowest BCUT2D eigenvalue weighted by atomic mass is 10.2. The van der Waals surface area contributed by atoms with Gasteiger partial charge in [-0.25, -0.2) is 4.98 Å². The van der Waals surface area contributed by atoms with E-state index < -0.39 is 0 Å². The Morgan fingerprint density at radius 3 is 3.12 bits per heavy atom. The molecule has 0 aliphatic rings. The highest BCUT2D eigenvalue weighted by Gasteiger charge is 2.09. The molecule has 0 radical (unpaired) electrons. The van der Waals surface area contributed by atoms with Crippen molar-refractivity contribution in [2.75, 3.05) is 11.1 Å². The summed E-state index contributed by atoms with van der Waals surface area (Å²) in [6.45, 7) is 2.05. The molecule has 0 spiro atoms. The summed E-state index contributed by atoms with van der Waals surface area (Å²) in [7, 11) is 0. The van der Waals surface area contributed by atoms with E-state index in [9.17, 15) is 0 Å². The lowest BCUT2D eigenvalue weighted by Gasteiger charge is -2.14. The molecule has 2 heterocycles. The Morgan fingerprint density at radius 2 is 2.41 bits per heavy atom. The zero-order valence-electron chi connectivity index (χ0n) is 9.35. The summed E-state index contributed by atoms with van der Waals surface area (Å²) in [4.78, 5) is 8.00. The van der Waals surface area contributed by atoms with Gasteiger partial charge < -0.3 is 15.5 Å². The van der Waals surface area contributed by atoms with Gasteiger partial charge in [-0.1, -0.05) is 0 Å². The Balaban J connectivity index is 2.02. The minimum absolute atomic E-state index is 0.187. The maximum atomic E-state index is 5.54. The van der Waals surface area contributed by atoms with Gasteiger partial charge in [-0.3, -0.25) is 0 Å². The number of hydrogen-bond acceptors (Lipinski definition) is 5. The Hall–Kier alpha value is -1.56. The van der Waals surface area contributed by atoms with Gasteiger partial charge in [0.2, 0.25) is 5.95 Å². The van der Waals surface area contributed by atoms with E-state index in [1.807, 2.05) is 19.1 Å². The predicted molar refractivity (Wildman–Crippen MR) is 69.6 cm³/mol. The molecule has 0 saturated carbocycles. The number of nitrogens with zero attached hydrogens (tertiary/aromatic N) is 2. The molecule has 0 bridgehead atoms. The molecule has 1 atom stereocenters. The van der Waals surface area contributed by atoms with Crippen molar-refractivity contribution in [1.82, 2.24) is 9.97 Å². The Labute approximate surface area is 108 Å². The highest BCUT2D eigenvalue weighted by molar-refractivity contribution is 9.10. The van der Waals surface area contributed by atoms with Crippen molar-refractivity contribution in [1.29, 1.82) is 0 Å². The summed E-state index contributed by atoms with van der Waals surface area (Å²) in [5, 5.41) is 3.25. The maximum absolute atomic E-state index is 5.54. The molecule has 17 heavy (non-hydrogen) atoms. The van der Waals surface area contributed by atoms with E-state index in [0.717, 1.165) is 16.7 Å². The van der Waals surface area contributed by atoms with Gasteiger partial charge in [0.25, 0.3) is 0 Å². The molecular formula is C11H13BrN4O. The van der Waals surface area contributed by atoms with Gasteiger partial charge in [-0.15, -0.1) is 0 Å². The smallest absolute Gasteiger partial charge is 0.221 e. The van der Waals surface area contributed by atoms with Crippen LogP contribution in [0.3, 0.4) is 0 Å². The van der Waals surface area contributed by atoms with E-state index >= 15 is 0 Å². The first-order valence-corrected chi connectivity index (χ1v) is 6.01. The van der Waals surface area contributed by atoms with Crippen molar-refractivity contribution in [3.63, 3.8) is 0 Å². The molecule has 0 aromatic carbocycles. The van der Waals surface area contributed by atoms with Crippen LogP contribution in [-0.2, 0) is 6.42 Å². The lowest BCUT2D eigenvalue weighted by molar-refractivity contribution is 0.497. The van der Waals surface area contributed by atoms with Crippen molar-refractivity contribution < 1.29 is 4.42 Å². The molecule has 90 valence electrons. The molecule has 0 aliphatic carbocycles. The second kappa shape index (κ2) is 5.18. The van der Waals surface area contributed by atoms with Gasteiger partial charge in [0.05, 0.1) is 10.7 Å². The van der Waals surface area contributed by atoms with Crippen molar-refractivity contribution in [2.24, 2.45) is 0 Å². The summed E-state index contributed by atoms with van der Waals surface area (Å²) in [6.07, 6.45) is 4.08. The molecule has 2 aromatic rings. The first-order valence-electron chi connectivity index (χ1n) is 5.22.